The number of pyridine rings is 1. The van der Waals surface area contributed by atoms with Crippen molar-refractivity contribution in [3.8, 4) is 0 Å². The van der Waals surface area contributed by atoms with E-state index in [0.29, 0.717) is 13.0 Å². The first-order chi connectivity index (χ1) is 8.74. The fraction of sp³-hybridized carbons (Fsp3) is 0.667. The molecule has 0 saturated heterocycles. The van der Waals surface area contributed by atoms with Gasteiger partial charge in [0.15, 0.2) is 0 Å². The number of aliphatic hydroxyl groups is 1. The van der Waals surface area contributed by atoms with E-state index in [9.17, 15) is 4.79 Å². The molecule has 0 unspecified atom stereocenters. The Morgan fingerprint density at radius 1 is 1.22 bits per heavy atom. The lowest BCUT2D eigenvalue weighted by atomic mass is 9.95. The zero-order chi connectivity index (χ0) is 13.0. The second-order valence-corrected chi connectivity index (χ2v) is 5.25. The van der Waals surface area contributed by atoms with E-state index < -0.39 is 0 Å². The number of aromatic nitrogens is 1. The van der Waals surface area contributed by atoms with Gasteiger partial charge in [0.1, 0.15) is 0 Å². The molecule has 0 bridgehead atoms. The maximum absolute atomic E-state index is 12.2. The molecule has 1 aromatic rings. The number of rotatable bonds is 3. The second kappa shape index (κ2) is 6.19. The van der Waals surface area contributed by atoms with Crippen molar-refractivity contribution < 1.29 is 5.11 Å². The van der Waals surface area contributed by atoms with E-state index >= 15 is 0 Å². The number of fused-ring (bicyclic) bond motifs is 1. The minimum Gasteiger partial charge on any atom is -0.396 e. The van der Waals surface area contributed by atoms with Crippen LogP contribution in [0.2, 0.25) is 0 Å². The highest BCUT2D eigenvalue weighted by molar-refractivity contribution is 5.27. The highest BCUT2D eigenvalue weighted by Crippen LogP contribution is 2.20. The molecule has 0 atom stereocenters. The van der Waals surface area contributed by atoms with Gasteiger partial charge in [-0.25, -0.2) is 0 Å². The molecule has 0 saturated carbocycles. The standard InChI is InChI=1S/C15H23NO2/c1-12-11-13-7-4-2-3-5-8-14(13)16(15(12)18)9-6-10-17/h11,17H,2-10H2,1H3. The lowest BCUT2D eigenvalue weighted by Crippen LogP contribution is -2.28. The Balaban J connectivity index is 2.43. The first kappa shape index (κ1) is 13.3. The SMILES string of the molecule is Cc1cc2c(n(CCCO)c1=O)CCCCCC2. The Hall–Kier alpha value is -1.09. The molecule has 1 aliphatic carbocycles. The Labute approximate surface area is 108 Å². The molecule has 2 rings (SSSR count). The van der Waals surface area contributed by atoms with Gasteiger partial charge in [0.2, 0.25) is 0 Å². The van der Waals surface area contributed by atoms with Crippen LogP contribution < -0.4 is 5.56 Å². The van der Waals surface area contributed by atoms with E-state index in [4.69, 9.17) is 5.11 Å². The van der Waals surface area contributed by atoms with Gasteiger partial charge >= 0.3 is 0 Å². The molecular weight excluding hydrogens is 226 g/mol. The molecule has 0 radical (unpaired) electrons. The van der Waals surface area contributed by atoms with Crippen molar-refractivity contribution in [2.75, 3.05) is 6.61 Å². The van der Waals surface area contributed by atoms with Crippen molar-refractivity contribution in [3.63, 3.8) is 0 Å². The fourth-order valence-corrected chi connectivity index (χ4v) is 2.85. The van der Waals surface area contributed by atoms with Crippen molar-refractivity contribution in [1.82, 2.24) is 4.57 Å². The lowest BCUT2D eigenvalue weighted by molar-refractivity contribution is 0.278. The van der Waals surface area contributed by atoms with Gasteiger partial charge < -0.3 is 9.67 Å². The highest BCUT2D eigenvalue weighted by atomic mass is 16.3. The molecule has 3 nitrogen and oxygen atoms in total. The van der Waals surface area contributed by atoms with Crippen molar-refractivity contribution in [3.05, 3.63) is 33.2 Å². The van der Waals surface area contributed by atoms with Gasteiger partial charge in [0.25, 0.3) is 5.56 Å². The van der Waals surface area contributed by atoms with Gasteiger partial charge in [-0.3, -0.25) is 4.79 Å². The number of hydrogen-bond donors (Lipinski definition) is 1. The fourth-order valence-electron chi connectivity index (χ4n) is 2.85. The third kappa shape index (κ3) is 2.83. The smallest absolute Gasteiger partial charge is 0.253 e. The van der Waals surface area contributed by atoms with Crippen molar-refractivity contribution in [2.45, 2.75) is 58.4 Å². The first-order valence-corrected chi connectivity index (χ1v) is 7.07. The average Bonchev–Trinajstić information content (AvgIpc) is 2.33. The van der Waals surface area contributed by atoms with Crippen LogP contribution >= 0.6 is 0 Å². The van der Waals surface area contributed by atoms with E-state index in [1.54, 1.807) is 0 Å². The van der Waals surface area contributed by atoms with Crippen molar-refractivity contribution >= 4 is 0 Å². The summed E-state index contributed by atoms with van der Waals surface area (Å²) >= 11 is 0. The molecule has 1 aromatic heterocycles. The van der Waals surface area contributed by atoms with Crippen LogP contribution in [0.15, 0.2) is 10.9 Å². The molecule has 1 aliphatic rings. The Kier molecular flexibility index (Phi) is 4.59. The predicted octanol–water partition coefficient (Wildman–Crippen LogP) is 2.20. The molecule has 3 heteroatoms. The number of aryl methyl sites for hydroxylation is 2. The summed E-state index contributed by atoms with van der Waals surface area (Å²) < 4.78 is 1.91. The summed E-state index contributed by atoms with van der Waals surface area (Å²) in [6, 6.07) is 2.08. The third-order valence-corrected chi connectivity index (χ3v) is 3.82. The molecule has 100 valence electrons. The average molecular weight is 249 g/mol. The van der Waals surface area contributed by atoms with Gasteiger partial charge in [0, 0.05) is 24.4 Å². The van der Waals surface area contributed by atoms with Crippen LogP contribution in [0, 0.1) is 6.92 Å². The minimum absolute atomic E-state index is 0.128. The quantitative estimate of drug-likeness (QED) is 0.892. The summed E-state index contributed by atoms with van der Waals surface area (Å²) in [5.74, 6) is 0. The Morgan fingerprint density at radius 2 is 1.94 bits per heavy atom. The molecule has 18 heavy (non-hydrogen) atoms. The zero-order valence-corrected chi connectivity index (χ0v) is 11.2. The van der Waals surface area contributed by atoms with Gasteiger partial charge in [-0.05, 0) is 50.7 Å². The summed E-state index contributed by atoms with van der Waals surface area (Å²) in [4.78, 5) is 12.2. The first-order valence-electron chi connectivity index (χ1n) is 7.07. The number of nitrogens with zero attached hydrogens (tertiary/aromatic N) is 1. The zero-order valence-electron chi connectivity index (χ0n) is 11.2. The summed E-state index contributed by atoms with van der Waals surface area (Å²) in [6.45, 7) is 2.70. The van der Waals surface area contributed by atoms with E-state index in [1.807, 2.05) is 11.5 Å². The predicted molar refractivity (Wildman–Crippen MR) is 73.0 cm³/mol. The van der Waals surface area contributed by atoms with Crippen LogP contribution in [0.3, 0.4) is 0 Å². The van der Waals surface area contributed by atoms with Crippen LogP contribution in [0.5, 0.6) is 0 Å². The van der Waals surface area contributed by atoms with Crippen molar-refractivity contribution in [2.24, 2.45) is 0 Å². The highest BCUT2D eigenvalue weighted by Gasteiger charge is 2.14. The number of hydrogen-bond acceptors (Lipinski definition) is 2. The van der Waals surface area contributed by atoms with Crippen LogP contribution in [-0.2, 0) is 19.4 Å². The third-order valence-electron chi connectivity index (χ3n) is 3.82. The van der Waals surface area contributed by atoms with E-state index in [-0.39, 0.29) is 12.2 Å². The van der Waals surface area contributed by atoms with E-state index in [1.165, 1.54) is 36.9 Å². The Morgan fingerprint density at radius 3 is 2.67 bits per heavy atom. The summed E-state index contributed by atoms with van der Waals surface area (Å²) in [5, 5.41) is 8.98. The maximum Gasteiger partial charge on any atom is 0.253 e. The molecule has 1 N–H and O–H groups in total. The molecule has 0 amide bonds. The monoisotopic (exact) mass is 249 g/mol. The Bertz CT molecular complexity index is 462. The van der Waals surface area contributed by atoms with Gasteiger partial charge in [0.05, 0.1) is 0 Å². The van der Waals surface area contributed by atoms with E-state index in [2.05, 4.69) is 6.07 Å². The summed E-state index contributed by atoms with van der Waals surface area (Å²) in [7, 11) is 0. The van der Waals surface area contributed by atoms with Gasteiger partial charge in [-0.15, -0.1) is 0 Å². The largest absolute Gasteiger partial charge is 0.396 e. The van der Waals surface area contributed by atoms with Gasteiger partial charge in [-0.2, -0.15) is 0 Å². The topological polar surface area (TPSA) is 42.2 Å². The molecule has 0 aliphatic heterocycles. The number of aliphatic hydroxyl groups excluding tert-OH is 1. The van der Waals surface area contributed by atoms with E-state index in [0.717, 1.165) is 18.4 Å². The van der Waals surface area contributed by atoms with Crippen LogP contribution in [0.25, 0.3) is 0 Å². The summed E-state index contributed by atoms with van der Waals surface area (Å²) in [6.07, 6.45) is 7.73. The second-order valence-electron chi connectivity index (χ2n) is 5.25. The van der Waals surface area contributed by atoms with Crippen LogP contribution in [-0.4, -0.2) is 16.3 Å². The molecule has 0 spiro atoms. The van der Waals surface area contributed by atoms with Gasteiger partial charge in [-0.1, -0.05) is 12.8 Å². The molecule has 0 fully saturated rings. The van der Waals surface area contributed by atoms with Crippen LogP contribution in [0.1, 0.15) is 48.9 Å². The molecular formula is C15H23NO2. The molecule has 0 aromatic carbocycles. The molecule has 1 heterocycles. The lowest BCUT2D eigenvalue weighted by Gasteiger charge is -2.20. The van der Waals surface area contributed by atoms with Crippen LogP contribution in [0.4, 0.5) is 0 Å². The van der Waals surface area contributed by atoms with Crippen molar-refractivity contribution in [1.29, 1.82) is 0 Å². The minimum atomic E-state index is 0.128. The maximum atomic E-state index is 12.2. The normalized spacial score (nSPS) is 15.9. The summed E-state index contributed by atoms with van der Waals surface area (Å²) in [5.41, 5.74) is 3.54.